The second-order valence-corrected chi connectivity index (χ2v) is 6.43. The Labute approximate surface area is 147 Å². The van der Waals surface area contributed by atoms with Crippen molar-refractivity contribution in [2.24, 2.45) is 0 Å². The average Bonchev–Trinajstić information content (AvgIpc) is 3.05. The first-order valence-corrected chi connectivity index (χ1v) is 8.79. The number of hydrogen-bond donors (Lipinski definition) is 0. The van der Waals surface area contributed by atoms with Gasteiger partial charge in [-0.3, -0.25) is 4.79 Å². The van der Waals surface area contributed by atoms with Crippen LogP contribution >= 0.6 is 0 Å². The lowest BCUT2D eigenvalue weighted by Gasteiger charge is -2.34. The monoisotopic (exact) mass is 345 g/mol. The molecular formula is C19H24FN3O2. The molecule has 0 N–H and O–H groups in total. The van der Waals surface area contributed by atoms with E-state index >= 15 is 0 Å². The molecule has 2 heterocycles. The van der Waals surface area contributed by atoms with Crippen molar-refractivity contribution in [1.29, 1.82) is 0 Å². The van der Waals surface area contributed by atoms with Crippen LogP contribution in [0.1, 0.15) is 37.5 Å². The molecule has 134 valence electrons. The van der Waals surface area contributed by atoms with E-state index in [2.05, 4.69) is 9.55 Å². The lowest BCUT2D eigenvalue weighted by molar-refractivity contribution is -0.133. The maximum absolute atomic E-state index is 13.1. The summed E-state index contributed by atoms with van der Waals surface area (Å²) in [4.78, 5) is 18.7. The van der Waals surface area contributed by atoms with E-state index in [0.717, 1.165) is 31.8 Å². The average molecular weight is 345 g/mol. The predicted octanol–water partition coefficient (Wildman–Crippen LogP) is 3.35. The summed E-state index contributed by atoms with van der Waals surface area (Å²) >= 11 is 0. The summed E-state index contributed by atoms with van der Waals surface area (Å²) in [5.41, 5.74) is 0. The number of nitrogens with zero attached hydrogens (tertiary/aromatic N) is 3. The minimum Gasteiger partial charge on any atom is -0.493 e. The zero-order valence-electron chi connectivity index (χ0n) is 14.5. The van der Waals surface area contributed by atoms with Gasteiger partial charge in [-0.2, -0.15) is 0 Å². The van der Waals surface area contributed by atoms with Gasteiger partial charge in [0.1, 0.15) is 17.4 Å². The van der Waals surface area contributed by atoms with Crippen molar-refractivity contribution in [3.05, 3.63) is 48.3 Å². The van der Waals surface area contributed by atoms with Gasteiger partial charge in [-0.25, -0.2) is 9.37 Å². The number of carbonyl (C=O) groups excluding carboxylic acids is 1. The Bertz CT molecular complexity index is 716. The molecule has 1 aromatic carbocycles. The van der Waals surface area contributed by atoms with Crippen LogP contribution in [-0.4, -0.2) is 40.1 Å². The first-order valence-electron chi connectivity index (χ1n) is 8.79. The maximum atomic E-state index is 13.1. The van der Waals surface area contributed by atoms with E-state index in [1.54, 1.807) is 18.3 Å². The summed E-state index contributed by atoms with van der Waals surface area (Å²) in [7, 11) is 0. The van der Waals surface area contributed by atoms with Crippen LogP contribution in [0.4, 0.5) is 4.39 Å². The van der Waals surface area contributed by atoms with Crippen molar-refractivity contribution in [1.82, 2.24) is 14.5 Å². The van der Waals surface area contributed by atoms with Gasteiger partial charge in [-0.15, -0.1) is 0 Å². The van der Waals surface area contributed by atoms with E-state index in [-0.39, 0.29) is 11.7 Å². The van der Waals surface area contributed by atoms with E-state index in [1.807, 2.05) is 18.0 Å². The number of aryl methyl sites for hydroxylation is 1. The van der Waals surface area contributed by atoms with Gasteiger partial charge in [0.2, 0.25) is 5.91 Å². The molecule has 1 unspecified atom stereocenters. The molecule has 2 aromatic rings. The number of amides is 1. The standard InChI is InChI=1S/C19H24FN3O2/c1-15-21-9-11-23(15)17-6-3-10-22(14-17)19(24)8-4-12-25-18-7-2-5-16(20)13-18/h2,5,7,9,11,13,17H,3-4,6,8,10,12,14H2,1H3. The number of hydrogen-bond acceptors (Lipinski definition) is 3. The van der Waals surface area contributed by atoms with Gasteiger partial charge in [0.25, 0.3) is 0 Å². The predicted molar refractivity (Wildman–Crippen MR) is 92.9 cm³/mol. The summed E-state index contributed by atoms with van der Waals surface area (Å²) in [5.74, 6) is 1.33. The molecule has 0 radical (unpaired) electrons. The number of ether oxygens (including phenoxy) is 1. The fourth-order valence-electron chi connectivity index (χ4n) is 3.31. The Morgan fingerprint density at radius 2 is 2.32 bits per heavy atom. The van der Waals surface area contributed by atoms with Crippen LogP contribution < -0.4 is 4.74 Å². The SMILES string of the molecule is Cc1nccn1C1CCCN(C(=O)CCCOc2cccc(F)c2)C1. The zero-order valence-corrected chi connectivity index (χ0v) is 14.5. The van der Waals surface area contributed by atoms with Gasteiger partial charge >= 0.3 is 0 Å². The number of halogens is 1. The van der Waals surface area contributed by atoms with E-state index in [9.17, 15) is 9.18 Å². The molecule has 0 aliphatic carbocycles. The number of piperidine rings is 1. The van der Waals surface area contributed by atoms with Crippen LogP contribution in [0, 0.1) is 12.7 Å². The molecule has 0 saturated carbocycles. The molecule has 0 spiro atoms. The minimum atomic E-state index is -0.317. The summed E-state index contributed by atoms with van der Waals surface area (Å²) in [6.07, 6.45) is 6.95. The van der Waals surface area contributed by atoms with Crippen LogP contribution in [0.3, 0.4) is 0 Å². The molecule has 5 nitrogen and oxygen atoms in total. The second kappa shape index (κ2) is 8.14. The molecule has 1 amide bonds. The number of likely N-dealkylation sites (tertiary alicyclic amines) is 1. The van der Waals surface area contributed by atoms with Crippen molar-refractivity contribution in [2.45, 2.75) is 38.6 Å². The zero-order chi connectivity index (χ0) is 17.6. The van der Waals surface area contributed by atoms with Crippen molar-refractivity contribution in [3.63, 3.8) is 0 Å². The minimum absolute atomic E-state index is 0.158. The van der Waals surface area contributed by atoms with Gasteiger partial charge in [0, 0.05) is 38.0 Å². The molecule has 1 aliphatic heterocycles. The van der Waals surface area contributed by atoms with E-state index in [4.69, 9.17) is 4.74 Å². The first-order chi connectivity index (χ1) is 12.1. The molecule has 1 saturated heterocycles. The van der Waals surface area contributed by atoms with Gasteiger partial charge in [-0.05, 0) is 38.3 Å². The van der Waals surface area contributed by atoms with E-state index in [1.165, 1.54) is 12.1 Å². The molecule has 6 heteroatoms. The Balaban J connectivity index is 1.44. The van der Waals surface area contributed by atoms with Crippen molar-refractivity contribution >= 4 is 5.91 Å². The highest BCUT2D eigenvalue weighted by Crippen LogP contribution is 2.23. The lowest BCUT2D eigenvalue weighted by Crippen LogP contribution is -2.40. The number of benzene rings is 1. The van der Waals surface area contributed by atoms with Crippen LogP contribution in [-0.2, 0) is 4.79 Å². The van der Waals surface area contributed by atoms with Gasteiger partial charge in [0.05, 0.1) is 12.6 Å². The highest BCUT2D eigenvalue weighted by atomic mass is 19.1. The summed E-state index contributed by atoms with van der Waals surface area (Å²) in [5, 5.41) is 0. The Morgan fingerprint density at radius 1 is 1.44 bits per heavy atom. The number of imidazole rings is 1. The van der Waals surface area contributed by atoms with Crippen LogP contribution in [0.15, 0.2) is 36.7 Å². The van der Waals surface area contributed by atoms with Crippen molar-refractivity contribution in [2.75, 3.05) is 19.7 Å². The summed E-state index contributed by atoms with van der Waals surface area (Å²) in [6.45, 7) is 3.95. The van der Waals surface area contributed by atoms with Crippen molar-refractivity contribution < 1.29 is 13.9 Å². The summed E-state index contributed by atoms with van der Waals surface area (Å²) < 4.78 is 20.7. The number of aromatic nitrogens is 2. The highest BCUT2D eigenvalue weighted by Gasteiger charge is 2.24. The molecular weight excluding hydrogens is 321 g/mol. The molecule has 25 heavy (non-hydrogen) atoms. The van der Waals surface area contributed by atoms with Gasteiger partial charge < -0.3 is 14.2 Å². The topological polar surface area (TPSA) is 47.4 Å². The largest absolute Gasteiger partial charge is 0.493 e. The fourth-order valence-corrected chi connectivity index (χ4v) is 3.31. The molecule has 0 bridgehead atoms. The van der Waals surface area contributed by atoms with Gasteiger partial charge in [-0.1, -0.05) is 6.07 Å². The third-order valence-electron chi connectivity index (χ3n) is 4.60. The number of carbonyl (C=O) groups is 1. The third kappa shape index (κ3) is 4.59. The second-order valence-electron chi connectivity index (χ2n) is 6.43. The van der Waals surface area contributed by atoms with Gasteiger partial charge in [0.15, 0.2) is 0 Å². The fraction of sp³-hybridized carbons (Fsp3) is 0.474. The third-order valence-corrected chi connectivity index (χ3v) is 4.60. The molecule has 1 fully saturated rings. The Morgan fingerprint density at radius 3 is 3.08 bits per heavy atom. The molecule has 1 aliphatic rings. The van der Waals surface area contributed by atoms with E-state index in [0.29, 0.717) is 31.2 Å². The molecule has 1 aromatic heterocycles. The van der Waals surface area contributed by atoms with Crippen molar-refractivity contribution in [3.8, 4) is 5.75 Å². The van der Waals surface area contributed by atoms with Crippen LogP contribution in [0.2, 0.25) is 0 Å². The Kier molecular flexibility index (Phi) is 5.68. The number of rotatable bonds is 6. The highest BCUT2D eigenvalue weighted by molar-refractivity contribution is 5.76. The normalized spacial score (nSPS) is 17.5. The first kappa shape index (κ1) is 17.5. The maximum Gasteiger partial charge on any atom is 0.222 e. The summed E-state index contributed by atoms with van der Waals surface area (Å²) in [6, 6.07) is 6.37. The van der Waals surface area contributed by atoms with Crippen LogP contribution in [0.5, 0.6) is 5.75 Å². The molecule has 3 rings (SSSR count). The van der Waals surface area contributed by atoms with Crippen LogP contribution in [0.25, 0.3) is 0 Å². The smallest absolute Gasteiger partial charge is 0.222 e. The quantitative estimate of drug-likeness (QED) is 0.754. The molecule has 1 atom stereocenters. The lowest BCUT2D eigenvalue weighted by atomic mass is 10.0. The Hall–Kier alpha value is -2.37. The van der Waals surface area contributed by atoms with E-state index < -0.39 is 0 Å².